The van der Waals surface area contributed by atoms with Crippen LogP contribution in [0, 0.1) is 17.2 Å². The molecule has 1 aliphatic rings. The van der Waals surface area contributed by atoms with Crippen LogP contribution in [-0.2, 0) is 19.7 Å². The molecule has 8 nitrogen and oxygen atoms in total. The van der Waals surface area contributed by atoms with Crippen molar-refractivity contribution >= 4 is 29.3 Å². The number of ether oxygens (including phenoxy) is 1. The van der Waals surface area contributed by atoms with E-state index >= 15 is 0 Å². The maximum Gasteiger partial charge on any atom is 0.251 e. The average Bonchev–Trinajstić information content (AvgIpc) is 3.31. The molecule has 3 heterocycles. The van der Waals surface area contributed by atoms with Gasteiger partial charge in [-0.25, -0.2) is 9.97 Å². The summed E-state index contributed by atoms with van der Waals surface area (Å²) in [7, 11) is 0. The van der Waals surface area contributed by atoms with Crippen molar-refractivity contribution in [1.29, 1.82) is 5.26 Å². The number of aromatic nitrogens is 4. The van der Waals surface area contributed by atoms with Crippen molar-refractivity contribution < 1.29 is 9.53 Å². The van der Waals surface area contributed by atoms with Crippen molar-refractivity contribution in [3.8, 4) is 11.8 Å². The fourth-order valence-electron chi connectivity index (χ4n) is 4.95. The third-order valence-electron chi connectivity index (χ3n) is 6.99. The number of nitrogens with one attached hydrogen (secondary N) is 1. The first-order chi connectivity index (χ1) is 18.2. The second kappa shape index (κ2) is 13.0. The second-order valence-electron chi connectivity index (χ2n) is 9.52. The van der Waals surface area contributed by atoms with Crippen molar-refractivity contribution in [2.45, 2.75) is 58.2 Å². The van der Waals surface area contributed by atoms with Crippen LogP contribution in [-0.4, -0.2) is 25.4 Å². The molecule has 0 radical (unpaired) electrons. The molecule has 1 aliphatic carbocycles. The fraction of sp³-hybridized carbons (Fsp3) is 0.345. The Hall–Kier alpha value is -3.96. The van der Waals surface area contributed by atoms with E-state index in [1.807, 2.05) is 36.4 Å². The molecule has 0 saturated heterocycles. The number of nitrogens with zero attached hydrogens (tertiary/aromatic N) is 5. The summed E-state index contributed by atoms with van der Waals surface area (Å²) in [6, 6.07) is 15.0. The standard InChI is InChI=1S/C29H30N6O2.ClH/c30-16-27-32-19-24-15-25(35(28(24)34-27)14-12-21-5-2-1-3-6-21)20-37-26-10-8-23(9-11-26)29(36)33-18-22-7-4-13-31-17-22;/h4,7-11,13,15,17,19,21H,1-3,5-6,12,14,18,20H2,(H,33,36);1H. The minimum absolute atomic E-state index is 0. The maximum absolute atomic E-state index is 12.5. The van der Waals surface area contributed by atoms with Gasteiger partial charge >= 0.3 is 0 Å². The molecule has 0 atom stereocenters. The van der Waals surface area contributed by atoms with Crippen LogP contribution in [0.3, 0.4) is 0 Å². The van der Waals surface area contributed by atoms with Gasteiger partial charge in [0.15, 0.2) is 0 Å². The first-order valence-corrected chi connectivity index (χ1v) is 12.8. The summed E-state index contributed by atoms with van der Waals surface area (Å²) in [5.74, 6) is 1.44. The van der Waals surface area contributed by atoms with Crippen LogP contribution >= 0.6 is 12.4 Å². The molecule has 196 valence electrons. The summed E-state index contributed by atoms with van der Waals surface area (Å²) in [5.41, 5.74) is 3.29. The van der Waals surface area contributed by atoms with Crippen LogP contribution in [0.1, 0.15) is 66.0 Å². The number of hydrogen-bond donors (Lipinski definition) is 1. The summed E-state index contributed by atoms with van der Waals surface area (Å²) < 4.78 is 8.27. The van der Waals surface area contributed by atoms with Gasteiger partial charge in [-0.15, -0.1) is 12.4 Å². The number of carbonyl (C=O) groups excluding carboxylic acids is 1. The van der Waals surface area contributed by atoms with Gasteiger partial charge in [0.1, 0.15) is 24.1 Å². The summed E-state index contributed by atoms with van der Waals surface area (Å²) in [5, 5.41) is 13.1. The van der Waals surface area contributed by atoms with Crippen LogP contribution < -0.4 is 10.1 Å². The molecule has 0 unspecified atom stereocenters. The summed E-state index contributed by atoms with van der Waals surface area (Å²) in [6.45, 7) is 1.62. The molecule has 3 aromatic heterocycles. The zero-order valence-corrected chi connectivity index (χ0v) is 22.0. The lowest BCUT2D eigenvalue weighted by atomic mass is 9.87. The number of hydrogen-bond acceptors (Lipinski definition) is 6. The van der Waals surface area contributed by atoms with Crippen molar-refractivity contribution in [3.05, 3.63) is 83.7 Å². The Bertz CT molecular complexity index is 1390. The van der Waals surface area contributed by atoms with Crippen LogP contribution in [0.25, 0.3) is 11.0 Å². The van der Waals surface area contributed by atoms with Gasteiger partial charge in [-0.1, -0.05) is 38.2 Å². The van der Waals surface area contributed by atoms with E-state index < -0.39 is 0 Å². The zero-order valence-electron chi connectivity index (χ0n) is 21.2. The number of nitriles is 1. The van der Waals surface area contributed by atoms with E-state index in [4.69, 9.17) is 4.74 Å². The minimum atomic E-state index is -0.148. The van der Waals surface area contributed by atoms with E-state index in [2.05, 4.69) is 24.8 Å². The molecular formula is C29H31ClN6O2. The average molecular weight is 531 g/mol. The van der Waals surface area contributed by atoms with Crippen LogP contribution in [0.5, 0.6) is 5.75 Å². The predicted octanol–water partition coefficient (Wildman–Crippen LogP) is 5.60. The van der Waals surface area contributed by atoms with E-state index in [0.717, 1.165) is 41.2 Å². The molecule has 0 spiro atoms. The summed E-state index contributed by atoms with van der Waals surface area (Å²) in [6.07, 6.45) is 12.8. The Morgan fingerprint density at radius 3 is 2.68 bits per heavy atom. The Balaban J connectivity index is 0.00000336. The molecule has 5 rings (SSSR count). The molecule has 1 N–H and O–H groups in total. The molecule has 38 heavy (non-hydrogen) atoms. The number of aryl methyl sites for hydroxylation is 1. The molecule has 0 bridgehead atoms. The van der Waals surface area contributed by atoms with E-state index in [1.165, 1.54) is 32.1 Å². The Labute approximate surface area is 228 Å². The Morgan fingerprint density at radius 2 is 1.95 bits per heavy atom. The topological polar surface area (TPSA) is 106 Å². The van der Waals surface area contributed by atoms with Crippen LogP contribution in [0.4, 0.5) is 0 Å². The molecule has 1 amide bonds. The van der Waals surface area contributed by atoms with Crippen molar-refractivity contribution in [2.75, 3.05) is 0 Å². The van der Waals surface area contributed by atoms with Gasteiger partial charge in [0.05, 0.1) is 5.69 Å². The second-order valence-corrected chi connectivity index (χ2v) is 9.52. The number of benzene rings is 1. The molecule has 1 saturated carbocycles. The highest BCUT2D eigenvalue weighted by Crippen LogP contribution is 2.28. The Kier molecular flexibility index (Phi) is 9.28. The van der Waals surface area contributed by atoms with Gasteiger partial charge < -0.3 is 14.6 Å². The highest BCUT2D eigenvalue weighted by Gasteiger charge is 2.17. The summed E-state index contributed by atoms with van der Waals surface area (Å²) >= 11 is 0. The highest BCUT2D eigenvalue weighted by atomic mass is 35.5. The first kappa shape index (κ1) is 27.1. The van der Waals surface area contributed by atoms with Crippen LogP contribution in [0.15, 0.2) is 61.1 Å². The van der Waals surface area contributed by atoms with E-state index in [0.29, 0.717) is 24.5 Å². The van der Waals surface area contributed by atoms with Gasteiger partial charge in [-0.2, -0.15) is 5.26 Å². The van der Waals surface area contributed by atoms with E-state index in [1.54, 1.807) is 30.7 Å². The zero-order chi connectivity index (χ0) is 25.5. The minimum Gasteiger partial charge on any atom is -0.487 e. The SMILES string of the molecule is Cl.N#Cc1ncc2cc(COc3ccc(C(=O)NCc4cccnc4)cc3)n(CCC3CCCCC3)c2n1. The number of halogens is 1. The number of pyridine rings is 1. The van der Waals surface area contributed by atoms with Crippen LogP contribution in [0.2, 0.25) is 0 Å². The van der Waals surface area contributed by atoms with E-state index in [9.17, 15) is 10.1 Å². The van der Waals surface area contributed by atoms with Gasteiger partial charge in [0.25, 0.3) is 5.91 Å². The highest BCUT2D eigenvalue weighted by molar-refractivity contribution is 5.94. The lowest BCUT2D eigenvalue weighted by molar-refractivity contribution is 0.0951. The third-order valence-corrected chi connectivity index (χ3v) is 6.99. The number of rotatable bonds is 9. The number of amides is 1. The summed E-state index contributed by atoms with van der Waals surface area (Å²) in [4.78, 5) is 25.2. The molecule has 1 fully saturated rings. The maximum atomic E-state index is 12.5. The monoisotopic (exact) mass is 530 g/mol. The smallest absolute Gasteiger partial charge is 0.251 e. The fourth-order valence-corrected chi connectivity index (χ4v) is 4.95. The van der Waals surface area contributed by atoms with Crippen molar-refractivity contribution in [3.63, 3.8) is 0 Å². The lowest BCUT2D eigenvalue weighted by Crippen LogP contribution is -2.22. The number of fused-ring (bicyclic) bond motifs is 1. The number of carbonyl (C=O) groups is 1. The van der Waals surface area contributed by atoms with Crippen molar-refractivity contribution in [2.24, 2.45) is 5.92 Å². The molecule has 4 aromatic rings. The molecule has 1 aromatic carbocycles. The lowest BCUT2D eigenvalue weighted by Gasteiger charge is -2.22. The van der Waals surface area contributed by atoms with Crippen molar-refractivity contribution in [1.82, 2.24) is 24.8 Å². The predicted molar refractivity (Wildman–Crippen MR) is 147 cm³/mol. The molecule has 9 heteroatoms. The van der Waals surface area contributed by atoms with E-state index in [-0.39, 0.29) is 24.1 Å². The van der Waals surface area contributed by atoms with Gasteiger partial charge in [-0.05, 0) is 54.3 Å². The Morgan fingerprint density at radius 1 is 1.13 bits per heavy atom. The quantitative estimate of drug-likeness (QED) is 0.302. The normalized spacial score (nSPS) is 13.4. The largest absolute Gasteiger partial charge is 0.487 e. The van der Waals surface area contributed by atoms with Gasteiger partial charge in [-0.3, -0.25) is 9.78 Å². The molecular weight excluding hydrogens is 500 g/mol. The third kappa shape index (κ3) is 6.67. The van der Waals surface area contributed by atoms with Gasteiger partial charge in [0, 0.05) is 42.6 Å². The molecule has 0 aliphatic heterocycles. The van der Waals surface area contributed by atoms with Gasteiger partial charge in [0.2, 0.25) is 5.82 Å². The first-order valence-electron chi connectivity index (χ1n) is 12.8.